The van der Waals surface area contributed by atoms with Gasteiger partial charge in [-0.2, -0.15) is 8.42 Å². The van der Waals surface area contributed by atoms with Gasteiger partial charge in [-0.1, -0.05) is 89.0 Å². The maximum absolute atomic E-state index is 13.2. The second kappa shape index (κ2) is 16.3. The van der Waals surface area contributed by atoms with Gasteiger partial charge in [0.2, 0.25) is 0 Å². The van der Waals surface area contributed by atoms with E-state index in [1.807, 2.05) is 0 Å². The average molecular weight is 565 g/mol. The zero-order chi connectivity index (χ0) is 28.8. The highest BCUT2D eigenvalue weighted by Crippen LogP contribution is 2.37. The summed E-state index contributed by atoms with van der Waals surface area (Å²) in [4.78, 5) is 26.5. The number of ether oxygens (including phenoxy) is 1. The molecule has 0 bridgehead atoms. The molecule has 218 valence electrons. The molecule has 0 saturated heterocycles. The van der Waals surface area contributed by atoms with Gasteiger partial charge in [-0.05, 0) is 26.3 Å². The number of benzene rings is 2. The van der Waals surface area contributed by atoms with Crippen molar-refractivity contribution in [1.29, 1.82) is 0 Å². The lowest BCUT2D eigenvalue weighted by Crippen LogP contribution is -2.42. The number of rotatable bonds is 18. The number of phenols is 1. The van der Waals surface area contributed by atoms with Gasteiger partial charge < -0.3 is 20.1 Å². The van der Waals surface area contributed by atoms with Gasteiger partial charge in [0, 0.05) is 23.9 Å². The lowest BCUT2D eigenvalue weighted by Gasteiger charge is -2.26. The number of phenolic OH excluding ortho intramolecular Hbond substituents is 1. The van der Waals surface area contributed by atoms with Gasteiger partial charge in [-0.3, -0.25) is 14.1 Å². The van der Waals surface area contributed by atoms with Crippen LogP contribution < -0.4 is 10.1 Å². The molecule has 2 aromatic carbocycles. The van der Waals surface area contributed by atoms with Crippen molar-refractivity contribution >= 4 is 32.7 Å². The molecule has 0 radical (unpaired) electrons. The predicted octanol–water partition coefficient (Wildman–Crippen LogP) is 5.66. The van der Waals surface area contributed by atoms with E-state index in [0.29, 0.717) is 17.3 Å². The summed E-state index contributed by atoms with van der Waals surface area (Å²) in [6.45, 7) is 5.22. The normalized spacial score (nSPS) is 12.3. The second-order valence-corrected chi connectivity index (χ2v) is 11.6. The molecule has 39 heavy (non-hydrogen) atoms. The van der Waals surface area contributed by atoms with Gasteiger partial charge >= 0.3 is 0 Å². The van der Waals surface area contributed by atoms with Crippen LogP contribution in [0.1, 0.15) is 95.3 Å². The number of carbonyl (C=O) groups excluding carboxylic acids is 2. The average Bonchev–Trinajstić information content (AvgIpc) is 2.91. The van der Waals surface area contributed by atoms with E-state index >= 15 is 0 Å². The predicted molar refractivity (Wildman–Crippen MR) is 154 cm³/mol. The Morgan fingerprint density at radius 1 is 0.949 bits per heavy atom. The third-order valence-corrected chi connectivity index (χ3v) is 8.01. The van der Waals surface area contributed by atoms with Crippen molar-refractivity contribution < 1.29 is 32.4 Å². The van der Waals surface area contributed by atoms with Crippen LogP contribution in [0.5, 0.6) is 11.5 Å². The highest BCUT2D eigenvalue weighted by Gasteiger charge is 2.31. The molecule has 2 aromatic rings. The fourth-order valence-corrected chi connectivity index (χ4v) is 5.09. The zero-order valence-electron chi connectivity index (χ0n) is 23.4. The van der Waals surface area contributed by atoms with E-state index in [1.54, 1.807) is 31.2 Å². The Labute approximate surface area is 232 Å². The monoisotopic (exact) mass is 564 g/mol. The van der Waals surface area contributed by atoms with Crippen LogP contribution in [0.4, 0.5) is 0 Å². The van der Waals surface area contributed by atoms with E-state index in [0.717, 1.165) is 24.2 Å². The summed E-state index contributed by atoms with van der Waals surface area (Å²) in [6.07, 6.45) is 12.1. The van der Waals surface area contributed by atoms with E-state index in [2.05, 4.69) is 12.2 Å². The minimum Gasteiger partial charge on any atom is -0.506 e. The summed E-state index contributed by atoms with van der Waals surface area (Å²) in [6, 6.07) is 8.01. The first-order valence-corrected chi connectivity index (χ1v) is 15.5. The SMILES string of the molecule is CCCCCCCCCCCCNC(=O)COc1cc(C(=O)N(CC)C(C)S(=O)(=O)O)c(O)c2ccccc12. The number of aromatic hydroxyl groups is 1. The lowest BCUT2D eigenvalue weighted by molar-refractivity contribution is -0.123. The van der Waals surface area contributed by atoms with Crippen LogP contribution in [0.2, 0.25) is 0 Å². The van der Waals surface area contributed by atoms with Gasteiger partial charge in [0.15, 0.2) is 12.0 Å². The third-order valence-electron chi connectivity index (χ3n) is 6.89. The maximum Gasteiger partial charge on any atom is 0.286 e. The summed E-state index contributed by atoms with van der Waals surface area (Å²) in [5.74, 6) is -1.22. The molecular weight excluding hydrogens is 520 g/mol. The van der Waals surface area contributed by atoms with Gasteiger partial charge in [-0.15, -0.1) is 0 Å². The molecular formula is C29H44N2O7S. The number of fused-ring (bicyclic) bond motifs is 1. The molecule has 2 rings (SSSR count). The quantitative estimate of drug-likeness (QED) is 0.157. The van der Waals surface area contributed by atoms with Crippen molar-refractivity contribution in [2.75, 3.05) is 19.7 Å². The lowest BCUT2D eigenvalue weighted by atomic mass is 10.0. The molecule has 0 spiro atoms. The molecule has 0 fully saturated rings. The van der Waals surface area contributed by atoms with Gasteiger partial charge in [0.1, 0.15) is 11.5 Å². The van der Waals surface area contributed by atoms with E-state index in [9.17, 15) is 27.7 Å². The number of carbonyl (C=O) groups is 2. The van der Waals surface area contributed by atoms with Crippen molar-refractivity contribution in [3.05, 3.63) is 35.9 Å². The first-order valence-electron chi connectivity index (χ1n) is 14.0. The fraction of sp³-hybridized carbons (Fsp3) is 0.586. The summed E-state index contributed by atoms with van der Waals surface area (Å²) >= 11 is 0. The van der Waals surface area contributed by atoms with Crippen molar-refractivity contribution in [2.24, 2.45) is 0 Å². The van der Waals surface area contributed by atoms with Crippen LogP contribution in [0.3, 0.4) is 0 Å². The van der Waals surface area contributed by atoms with E-state index in [-0.39, 0.29) is 36.1 Å². The van der Waals surface area contributed by atoms with Gasteiger partial charge in [0.25, 0.3) is 21.9 Å². The number of hydrogen-bond acceptors (Lipinski definition) is 6. The molecule has 0 saturated carbocycles. The van der Waals surface area contributed by atoms with Crippen LogP contribution in [-0.2, 0) is 14.9 Å². The maximum atomic E-state index is 13.2. The number of nitrogens with one attached hydrogen (secondary N) is 1. The molecule has 0 aromatic heterocycles. The van der Waals surface area contributed by atoms with E-state index in [4.69, 9.17) is 4.74 Å². The standard InChI is InChI=1S/C29H44N2O7S/c1-4-6-7-8-9-10-11-12-13-16-19-30-27(32)21-38-26-20-25(28(33)24-18-15-14-17-23(24)26)29(34)31(5-2)22(3)39(35,36)37/h14-15,17-18,20,22,33H,4-13,16,19,21H2,1-3H3,(H,30,32)(H,35,36,37). The smallest absolute Gasteiger partial charge is 0.286 e. The zero-order valence-corrected chi connectivity index (χ0v) is 24.3. The number of unbranched alkanes of at least 4 members (excludes halogenated alkanes) is 9. The van der Waals surface area contributed by atoms with Crippen molar-refractivity contribution in [2.45, 2.75) is 90.4 Å². The number of nitrogens with zero attached hydrogens (tertiary/aromatic N) is 1. The Bertz CT molecular complexity index is 1180. The van der Waals surface area contributed by atoms with Crippen LogP contribution in [0.15, 0.2) is 30.3 Å². The first kappa shape index (κ1) is 32.4. The van der Waals surface area contributed by atoms with Crippen LogP contribution in [-0.4, -0.2) is 59.9 Å². The number of hydrogen-bond donors (Lipinski definition) is 3. The fourth-order valence-electron chi connectivity index (χ4n) is 4.53. The van der Waals surface area contributed by atoms with Gasteiger partial charge in [0.05, 0.1) is 5.56 Å². The summed E-state index contributed by atoms with van der Waals surface area (Å²) in [5, 5.41) is 13.0. The van der Waals surface area contributed by atoms with E-state index < -0.39 is 21.4 Å². The van der Waals surface area contributed by atoms with Crippen LogP contribution in [0.25, 0.3) is 10.8 Å². The molecule has 9 nitrogen and oxygen atoms in total. The van der Waals surface area contributed by atoms with Crippen LogP contribution >= 0.6 is 0 Å². The minimum atomic E-state index is -4.54. The second-order valence-electron chi connectivity index (χ2n) is 9.84. The summed E-state index contributed by atoms with van der Waals surface area (Å²) in [5.41, 5.74) is -0.188. The Morgan fingerprint density at radius 3 is 2.08 bits per heavy atom. The van der Waals surface area contributed by atoms with Crippen LogP contribution in [0, 0.1) is 0 Å². The molecule has 1 atom stereocenters. The Hall–Kier alpha value is -2.85. The molecule has 0 heterocycles. The summed E-state index contributed by atoms with van der Waals surface area (Å²) in [7, 11) is -4.54. The minimum absolute atomic E-state index is 0.0242. The topological polar surface area (TPSA) is 133 Å². The van der Waals surface area contributed by atoms with Crippen molar-refractivity contribution in [3.8, 4) is 11.5 Å². The molecule has 0 aliphatic carbocycles. The Balaban J connectivity index is 1.96. The number of amides is 2. The largest absolute Gasteiger partial charge is 0.506 e. The highest BCUT2D eigenvalue weighted by molar-refractivity contribution is 7.86. The molecule has 0 aliphatic heterocycles. The van der Waals surface area contributed by atoms with Crippen molar-refractivity contribution in [1.82, 2.24) is 10.2 Å². The van der Waals surface area contributed by atoms with Crippen molar-refractivity contribution in [3.63, 3.8) is 0 Å². The molecule has 2 amide bonds. The molecule has 10 heteroatoms. The first-order chi connectivity index (χ1) is 18.6. The Morgan fingerprint density at radius 2 is 1.51 bits per heavy atom. The highest BCUT2D eigenvalue weighted by atomic mass is 32.2. The molecule has 1 unspecified atom stereocenters. The summed E-state index contributed by atoms with van der Waals surface area (Å²) < 4.78 is 38.5. The Kier molecular flexibility index (Phi) is 13.5. The molecule has 3 N–H and O–H groups in total. The third kappa shape index (κ3) is 10.0. The van der Waals surface area contributed by atoms with Gasteiger partial charge in [-0.25, -0.2) is 0 Å². The molecule has 0 aliphatic rings. The van der Waals surface area contributed by atoms with E-state index in [1.165, 1.54) is 57.9 Å².